The Hall–Kier alpha value is 0.830. The van der Waals surface area contributed by atoms with Gasteiger partial charge in [-0.15, -0.1) is 0 Å². The number of halogens is 3. The summed E-state index contributed by atoms with van der Waals surface area (Å²) in [5.41, 5.74) is -1.07. The molecular weight excluding hydrogens is 194 g/mol. The van der Waals surface area contributed by atoms with Gasteiger partial charge in [-0.3, -0.25) is 0 Å². The zero-order chi connectivity index (χ0) is 7.83. The van der Waals surface area contributed by atoms with E-state index in [0.717, 1.165) is 12.8 Å². The van der Waals surface area contributed by atoms with Crippen molar-refractivity contribution in [2.45, 2.75) is 35.1 Å². The van der Waals surface area contributed by atoms with Gasteiger partial charge in [-0.1, -0.05) is 47.6 Å². The van der Waals surface area contributed by atoms with E-state index in [1.165, 1.54) is 0 Å². The average molecular weight is 203 g/mol. The Bertz CT molecular complexity index is 123. The summed E-state index contributed by atoms with van der Waals surface area (Å²) in [4.78, 5) is 0. The zero-order valence-corrected chi connectivity index (χ0v) is 7.68. The molecule has 1 nitrogen and oxygen atoms in total. The molecule has 1 fully saturated rings. The fraction of sp³-hybridized carbons (Fsp3) is 1.00. The molecule has 1 saturated carbocycles. The van der Waals surface area contributed by atoms with Crippen LogP contribution >= 0.6 is 34.8 Å². The van der Waals surface area contributed by atoms with E-state index in [2.05, 4.69) is 0 Å². The summed E-state index contributed by atoms with van der Waals surface area (Å²) in [7, 11) is 0. The molecule has 0 aromatic rings. The summed E-state index contributed by atoms with van der Waals surface area (Å²) < 4.78 is -1.51. The summed E-state index contributed by atoms with van der Waals surface area (Å²) in [6.07, 6.45) is 3.10. The SMILES string of the molecule is OC1(C(Cl)(Cl)Cl)CCCC1. The smallest absolute Gasteiger partial charge is 0.218 e. The maximum absolute atomic E-state index is 9.63. The molecule has 0 unspecified atom stereocenters. The van der Waals surface area contributed by atoms with Crippen molar-refractivity contribution in [3.8, 4) is 0 Å². The third-order valence-corrected chi connectivity index (χ3v) is 3.01. The Morgan fingerprint density at radius 1 is 1.10 bits per heavy atom. The Morgan fingerprint density at radius 2 is 1.50 bits per heavy atom. The van der Waals surface area contributed by atoms with Crippen LogP contribution in [0.4, 0.5) is 0 Å². The van der Waals surface area contributed by atoms with Gasteiger partial charge in [0.25, 0.3) is 0 Å². The van der Waals surface area contributed by atoms with Crippen LogP contribution in [0.3, 0.4) is 0 Å². The van der Waals surface area contributed by atoms with Crippen LogP contribution in [0, 0.1) is 0 Å². The standard InChI is InChI=1S/C6H9Cl3O/c7-6(8,9)5(10)3-1-2-4-5/h10H,1-4H2. The molecule has 0 saturated heterocycles. The predicted molar refractivity (Wildman–Crippen MR) is 43.7 cm³/mol. The van der Waals surface area contributed by atoms with Gasteiger partial charge in [0.05, 0.1) is 0 Å². The molecule has 1 aliphatic carbocycles. The molecule has 10 heavy (non-hydrogen) atoms. The number of alkyl halides is 3. The largest absolute Gasteiger partial charge is 0.385 e. The lowest BCUT2D eigenvalue weighted by Gasteiger charge is -2.29. The number of rotatable bonds is 0. The highest BCUT2D eigenvalue weighted by Gasteiger charge is 2.48. The molecule has 0 amide bonds. The minimum atomic E-state index is -1.51. The first-order valence-electron chi connectivity index (χ1n) is 3.25. The highest BCUT2D eigenvalue weighted by atomic mass is 35.6. The van der Waals surface area contributed by atoms with Crippen molar-refractivity contribution >= 4 is 34.8 Å². The molecule has 0 spiro atoms. The molecule has 1 aliphatic rings. The molecule has 1 rings (SSSR count). The summed E-state index contributed by atoms with van der Waals surface area (Å²) >= 11 is 16.7. The van der Waals surface area contributed by atoms with E-state index in [1.807, 2.05) is 0 Å². The topological polar surface area (TPSA) is 20.2 Å². The lowest BCUT2D eigenvalue weighted by atomic mass is 10.1. The second-order valence-electron chi connectivity index (χ2n) is 2.74. The first-order valence-corrected chi connectivity index (χ1v) is 4.38. The van der Waals surface area contributed by atoms with Crippen molar-refractivity contribution in [3.63, 3.8) is 0 Å². The molecule has 0 radical (unpaired) electrons. The molecule has 0 aliphatic heterocycles. The van der Waals surface area contributed by atoms with Crippen molar-refractivity contribution in [3.05, 3.63) is 0 Å². The predicted octanol–water partition coefficient (Wildman–Crippen LogP) is 2.66. The summed E-state index contributed by atoms with van der Waals surface area (Å²) in [6, 6.07) is 0. The molecule has 0 aromatic heterocycles. The fourth-order valence-corrected chi connectivity index (χ4v) is 1.81. The summed E-state index contributed by atoms with van der Waals surface area (Å²) in [5, 5.41) is 9.63. The van der Waals surface area contributed by atoms with Gasteiger partial charge >= 0.3 is 0 Å². The maximum Gasteiger partial charge on any atom is 0.218 e. The molecule has 0 heterocycles. The molecule has 1 N–H and O–H groups in total. The fourth-order valence-electron chi connectivity index (χ4n) is 1.24. The summed E-state index contributed by atoms with van der Waals surface area (Å²) in [5.74, 6) is 0. The molecule has 4 heteroatoms. The Balaban J connectivity index is 2.67. The van der Waals surface area contributed by atoms with E-state index in [9.17, 15) is 5.11 Å². The Labute approximate surface area is 75.3 Å². The van der Waals surface area contributed by atoms with Crippen molar-refractivity contribution in [2.24, 2.45) is 0 Å². The van der Waals surface area contributed by atoms with Crippen molar-refractivity contribution in [1.82, 2.24) is 0 Å². The molecule has 60 valence electrons. The van der Waals surface area contributed by atoms with Crippen LogP contribution in [-0.2, 0) is 0 Å². The van der Waals surface area contributed by atoms with Crippen molar-refractivity contribution in [2.75, 3.05) is 0 Å². The molecule has 0 bridgehead atoms. The van der Waals surface area contributed by atoms with Crippen molar-refractivity contribution < 1.29 is 5.11 Å². The minimum Gasteiger partial charge on any atom is -0.385 e. The number of hydrogen-bond acceptors (Lipinski definition) is 1. The zero-order valence-electron chi connectivity index (χ0n) is 5.41. The molecule has 0 atom stereocenters. The van der Waals surface area contributed by atoms with Crippen LogP contribution in [0.15, 0.2) is 0 Å². The summed E-state index contributed by atoms with van der Waals surface area (Å²) in [6.45, 7) is 0. The van der Waals surface area contributed by atoms with E-state index in [1.54, 1.807) is 0 Å². The second kappa shape index (κ2) is 2.71. The Morgan fingerprint density at radius 3 is 1.70 bits per heavy atom. The van der Waals surface area contributed by atoms with Crippen LogP contribution in [-0.4, -0.2) is 14.5 Å². The highest BCUT2D eigenvalue weighted by molar-refractivity contribution is 6.68. The van der Waals surface area contributed by atoms with Crippen LogP contribution in [0.25, 0.3) is 0 Å². The number of aliphatic hydroxyl groups is 1. The van der Waals surface area contributed by atoms with E-state index in [0.29, 0.717) is 12.8 Å². The quantitative estimate of drug-likeness (QED) is 0.600. The lowest BCUT2D eigenvalue weighted by molar-refractivity contribution is 0.0518. The van der Waals surface area contributed by atoms with Gasteiger partial charge in [0.15, 0.2) is 0 Å². The van der Waals surface area contributed by atoms with Crippen molar-refractivity contribution in [1.29, 1.82) is 0 Å². The second-order valence-corrected chi connectivity index (χ2v) is 5.02. The van der Waals surface area contributed by atoms with Gasteiger partial charge in [-0.25, -0.2) is 0 Å². The van der Waals surface area contributed by atoms with Gasteiger partial charge in [0, 0.05) is 0 Å². The van der Waals surface area contributed by atoms with E-state index >= 15 is 0 Å². The highest BCUT2D eigenvalue weighted by Crippen LogP contribution is 2.47. The lowest BCUT2D eigenvalue weighted by Crippen LogP contribution is -2.39. The molecular formula is C6H9Cl3O. The van der Waals surface area contributed by atoms with Crippen LogP contribution in [0.5, 0.6) is 0 Å². The monoisotopic (exact) mass is 202 g/mol. The number of hydrogen-bond donors (Lipinski definition) is 1. The maximum atomic E-state index is 9.63. The third-order valence-electron chi connectivity index (χ3n) is 1.96. The van der Waals surface area contributed by atoms with Crippen LogP contribution in [0.1, 0.15) is 25.7 Å². The Kier molecular flexibility index (Phi) is 2.41. The van der Waals surface area contributed by atoms with Gasteiger partial charge in [-0.05, 0) is 12.8 Å². The van der Waals surface area contributed by atoms with Gasteiger partial charge in [0.1, 0.15) is 5.60 Å². The van der Waals surface area contributed by atoms with Gasteiger partial charge in [-0.2, -0.15) is 0 Å². The van der Waals surface area contributed by atoms with E-state index in [-0.39, 0.29) is 0 Å². The van der Waals surface area contributed by atoms with E-state index < -0.39 is 9.39 Å². The van der Waals surface area contributed by atoms with Crippen LogP contribution < -0.4 is 0 Å². The first kappa shape index (κ1) is 8.92. The normalized spacial score (nSPS) is 25.2. The van der Waals surface area contributed by atoms with Gasteiger partial charge in [0.2, 0.25) is 3.79 Å². The third kappa shape index (κ3) is 1.53. The van der Waals surface area contributed by atoms with E-state index in [4.69, 9.17) is 34.8 Å². The van der Waals surface area contributed by atoms with Crippen LogP contribution in [0.2, 0.25) is 0 Å². The van der Waals surface area contributed by atoms with Gasteiger partial charge < -0.3 is 5.11 Å². The average Bonchev–Trinajstić information content (AvgIpc) is 2.13. The first-order chi connectivity index (χ1) is 4.46. The molecule has 0 aromatic carbocycles. The minimum absolute atomic E-state index is 0.601.